The molecule has 3 heteroatoms. The molecule has 16 heavy (non-hydrogen) atoms. The standard InChI is InChI=1S/C13H14O2.Na/c1-13(2,15-14)12-8-7-10-5-3-4-6-11(10)9-12;/h3-9,14H,1-2H3;/q;+1/p-1. The van der Waals surface area contributed by atoms with Gasteiger partial charge in [0.1, 0.15) is 0 Å². The second kappa shape index (κ2) is 5.30. The monoisotopic (exact) mass is 224 g/mol. The minimum absolute atomic E-state index is 0. The average molecular weight is 224 g/mol. The van der Waals surface area contributed by atoms with Crippen molar-refractivity contribution >= 4 is 10.8 Å². The van der Waals surface area contributed by atoms with Crippen LogP contribution in [0, 0.1) is 0 Å². The predicted octanol–water partition coefficient (Wildman–Crippen LogP) is -0.629. The summed E-state index contributed by atoms with van der Waals surface area (Å²) in [6, 6.07) is 14.0. The SMILES string of the molecule is CC(C)(O[O-])c1ccc2ccccc2c1.[Na+]. The Balaban J connectivity index is 0.00000128. The van der Waals surface area contributed by atoms with Crippen molar-refractivity contribution in [3.63, 3.8) is 0 Å². The largest absolute Gasteiger partial charge is 1.00 e. The fraction of sp³-hybridized carbons (Fsp3) is 0.231. The third kappa shape index (κ3) is 2.65. The summed E-state index contributed by atoms with van der Waals surface area (Å²) < 4.78 is 0. The Morgan fingerprint density at radius 3 is 2.25 bits per heavy atom. The number of fused-ring (bicyclic) bond motifs is 1. The summed E-state index contributed by atoms with van der Waals surface area (Å²) in [6.07, 6.45) is 0. The molecular formula is C13H13NaO2. The van der Waals surface area contributed by atoms with Gasteiger partial charge in [0.25, 0.3) is 0 Å². The average Bonchev–Trinajstić information content (AvgIpc) is 2.28. The number of hydrogen-bond acceptors (Lipinski definition) is 2. The predicted molar refractivity (Wildman–Crippen MR) is 58.1 cm³/mol. The Morgan fingerprint density at radius 2 is 1.62 bits per heavy atom. The van der Waals surface area contributed by atoms with Crippen molar-refractivity contribution in [2.24, 2.45) is 0 Å². The van der Waals surface area contributed by atoms with Crippen molar-refractivity contribution in [2.75, 3.05) is 0 Å². The first-order valence-electron chi connectivity index (χ1n) is 4.94. The van der Waals surface area contributed by atoms with E-state index in [1.165, 1.54) is 5.39 Å². The van der Waals surface area contributed by atoms with Crippen LogP contribution >= 0.6 is 0 Å². The zero-order valence-electron chi connectivity index (χ0n) is 9.86. The van der Waals surface area contributed by atoms with Crippen LogP contribution in [0.5, 0.6) is 0 Å². The Labute approximate surface area is 117 Å². The molecule has 0 aliphatic heterocycles. The molecule has 0 aromatic heterocycles. The smallest absolute Gasteiger partial charge is 0.723 e. The molecule has 0 radical (unpaired) electrons. The molecule has 0 spiro atoms. The number of benzene rings is 2. The van der Waals surface area contributed by atoms with Gasteiger partial charge < -0.3 is 10.1 Å². The minimum Gasteiger partial charge on any atom is -0.723 e. The van der Waals surface area contributed by atoms with Gasteiger partial charge in [-0.25, -0.2) is 0 Å². The van der Waals surface area contributed by atoms with Crippen LogP contribution in [0.25, 0.3) is 10.8 Å². The van der Waals surface area contributed by atoms with Crippen LogP contribution in [0.3, 0.4) is 0 Å². The van der Waals surface area contributed by atoms with Gasteiger partial charge in [0.05, 0.1) is 5.60 Å². The third-order valence-electron chi connectivity index (χ3n) is 2.65. The molecule has 2 aromatic carbocycles. The Bertz CT molecular complexity index is 480. The van der Waals surface area contributed by atoms with E-state index < -0.39 is 5.60 Å². The molecule has 0 heterocycles. The van der Waals surface area contributed by atoms with Crippen molar-refractivity contribution in [1.82, 2.24) is 0 Å². The van der Waals surface area contributed by atoms with Gasteiger partial charge in [-0.1, -0.05) is 36.4 Å². The van der Waals surface area contributed by atoms with Gasteiger partial charge in [0.2, 0.25) is 0 Å². The van der Waals surface area contributed by atoms with E-state index in [2.05, 4.69) is 4.89 Å². The molecule has 0 aliphatic carbocycles. The molecule has 0 amide bonds. The zero-order valence-corrected chi connectivity index (χ0v) is 11.9. The summed E-state index contributed by atoms with van der Waals surface area (Å²) in [7, 11) is 0. The van der Waals surface area contributed by atoms with Crippen molar-refractivity contribution in [1.29, 1.82) is 0 Å². The maximum Gasteiger partial charge on any atom is 1.00 e. The van der Waals surface area contributed by atoms with Gasteiger partial charge in [-0.2, -0.15) is 0 Å². The van der Waals surface area contributed by atoms with E-state index in [0.29, 0.717) is 0 Å². The van der Waals surface area contributed by atoms with Crippen LogP contribution in [-0.2, 0) is 10.5 Å². The van der Waals surface area contributed by atoms with Gasteiger partial charge >= 0.3 is 29.6 Å². The molecule has 78 valence electrons. The molecule has 0 saturated heterocycles. The molecule has 2 nitrogen and oxygen atoms in total. The van der Waals surface area contributed by atoms with E-state index in [1.54, 1.807) is 13.8 Å². The number of hydrogen-bond donors (Lipinski definition) is 0. The van der Waals surface area contributed by atoms with E-state index in [1.807, 2.05) is 42.5 Å². The molecule has 2 aromatic rings. The van der Waals surface area contributed by atoms with E-state index in [4.69, 9.17) is 0 Å². The fourth-order valence-corrected chi connectivity index (χ4v) is 1.61. The van der Waals surface area contributed by atoms with E-state index in [9.17, 15) is 5.26 Å². The minimum atomic E-state index is -0.774. The van der Waals surface area contributed by atoms with Crippen molar-refractivity contribution in [3.05, 3.63) is 48.0 Å². The first-order valence-corrected chi connectivity index (χ1v) is 4.94. The Morgan fingerprint density at radius 1 is 1.00 bits per heavy atom. The molecule has 0 N–H and O–H groups in total. The first kappa shape index (κ1) is 13.7. The first-order chi connectivity index (χ1) is 7.13. The van der Waals surface area contributed by atoms with Crippen molar-refractivity contribution in [3.8, 4) is 0 Å². The maximum atomic E-state index is 10.6. The van der Waals surface area contributed by atoms with Gasteiger partial charge in [0, 0.05) is 0 Å². The summed E-state index contributed by atoms with van der Waals surface area (Å²) in [4.78, 5) is 4.22. The molecule has 0 aliphatic rings. The Kier molecular flexibility index (Phi) is 4.53. The normalized spacial score (nSPS) is 11.2. The summed E-state index contributed by atoms with van der Waals surface area (Å²) in [6.45, 7) is 3.54. The van der Waals surface area contributed by atoms with Crippen molar-refractivity contribution in [2.45, 2.75) is 19.4 Å². The van der Waals surface area contributed by atoms with Gasteiger partial charge in [-0.3, -0.25) is 0 Å². The summed E-state index contributed by atoms with van der Waals surface area (Å²) >= 11 is 0. The Hall–Kier alpha value is -0.380. The van der Waals surface area contributed by atoms with Crippen LogP contribution in [-0.4, -0.2) is 0 Å². The summed E-state index contributed by atoms with van der Waals surface area (Å²) in [5.41, 5.74) is 0.125. The maximum absolute atomic E-state index is 10.6. The molecule has 0 unspecified atom stereocenters. The zero-order chi connectivity index (χ0) is 10.9. The molecule has 0 saturated carbocycles. The molecule has 0 atom stereocenters. The van der Waals surface area contributed by atoms with Gasteiger partial charge in [-0.05, 0) is 36.2 Å². The van der Waals surface area contributed by atoms with E-state index in [-0.39, 0.29) is 29.6 Å². The quantitative estimate of drug-likeness (QED) is 0.386. The number of rotatable bonds is 2. The van der Waals surface area contributed by atoms with E-state index >= 15 is 0 Å². The van der Waals surface area contributed by atoms with Crippen LogP contribution in [0.15, 0.2) is 42.5 Å². The van der Waals surface area contributed by atoms with Gasteiger partial charge in [-0.15, -0.1) is 0 Å². The van der Waals surface area contributed by atoms with Crippen LogP contribution in [0.4, 0.5) is 0 Å². The van der Waals surface area contributed by atoms with E-state index in [0.717, 1.165) is 10.9 Å². The fourth-order valence-electron chi connectivity index (χ4n) is 1.61. The third-order valence-corrected chi connectivity index (χ3v) is 2.65. The molecule has 0 fully saturated rings. The second-order valence-electron chi connectivity index (χ2n) is 4.16. The second-order valence-corrected chi connectivity index (χ2v) is 4.16. The summed E-state index contributed by atoms with van der Waals surface area (Å²) in [5, 5.41) is 12.9. The van der Waals surface area contributed by atoms with Crippen LogP contribution in [0.1, 0.15) is 19.4 Å². The van der Waals surface area contributed by atoms with Crippen LogP contribution < -0.4 is 34.8 Å². The van der Waals surface area contributed by atoms with Crippen LogP contribution in [0.2, 0.25) is 0 Å². The van der Waals surface area contributed by atoms with Crippen molar-refractivity contribution < 1.29 is 39.7 Å². The summed E-state index contributed by atoms with van der Waals surface area (Å²) in [5.74, 6) is 0. The molecule has 0 bridgehead atoms. The molecule has 2 rings (SSSR count). The molecular weight excluding hydrogens is 211 g/mol. The topological polar surface area (TPSA) is 32.3 Å². The van der Waals surface area contributed by atoms with Gasteiger partial charge in [0.15, 0.2) is 0 Å².